The van der Waals surface area contributed by atoms with Gasteiger partial charge in [0.1, 0.15) is 9.71 Å². The lowest BCUT2D eigenvalue weighted by molar-refractivity contribution is 0.0740. The van der Waals surface area contributed by atoms with E-state index in [1.54, 1.807) is 0 Å². The van der Waals surface area contributed by atoms with Crippen LogP contribution in [0.15, 0.2) is 48.5 Å². The lowest BCUT2D eigenvalue weighted by Crippen LogP contribution is -2.35. The van der Waals surface area contributed by atoms with E-state index in [1.807, 2.05) is 17.0 Å². The first-order chi connectivity index (χ1) is 13.1. The van der Waals surface area contributed by atoms with Gasteiger partial charge in [0.25, 0.3) is 5.91 Å². The summed E-state index contributed by atoms with van der Waals surface area (Å²) < 4.78 is 0. The minimum absolute atomic E-state index is 0.00485. The molecule has 0 atom stereocenters. The van der Waals surface area contributed by atoms with E-state index in [0.717, 1.165) is 34.1 Å². The Hall–Kier alpha value is -2.92. The Morgan fingerprint density at radius 2 is 1.96 bits per heavy atom. The van der Waals surface area contributed by atoms with Crippen LogP contribution in [0.1, 0.15) is 26.4 Å². The molecule has 5 heteroatoms. The molecule has 2 aromatic heterocycles. The molecule has 0 spiro atoms. The van der Waals surface area contributed by atoms with Gasteiger partial charge in [-0.1, -0.05) is 36.4 Å². The zero-order valence-electron chi connectivity index (χ0n) is 15.0. The van der Waals surface area contributed by atoms with Crippen LogP contribution in [0.4, 0.5) is 5.69 Å². The van der Waals surface area contributed by atoms with E-state index < -0.39 is 0 Å². The van der Waals surface area contributed by atoms with Crippen molar-refractivity contribution in [2.75, 3.05) is 12.3 Å². The lowest BCUT2D eigenvalue weighted by Gasteiger charge is -2.28. The van der Waals surface area contributed by atoms with Gasteiger partial charge in [-0.05, 0) is 42.2 Å². The molecule has 0 aliphatic carbocycles. The zero-order chi connectivity index (χ0) is 18.5. The third-order valence-corrected chi connectivity index (χ3v) is 6.39. The molecule has 0 fully saturated rings. The molecule has 4 aromatic rings. The number of nitrogen functional groups attached to an aromatic ring is 1. The fourth-order valence-electron chi connectivity index (χ4n) is 3.78. The highest BCUT2D eigenvalue weighted by atomic mass is 32.1. The first kappa shape index (κ1) is 16.3. The van der Waals surface area contributed by atoms with E-state index in [1.165, 1.54) is 28.0 Å². The summed E-state index contributed by atoms with van der Waals surface area (Å²) in [7, 11) is 0. The Balaban J connectivity index is 1.55. The van der Waals surface area contributed by atoms with Crippen molar-refractivity contribution in [1.29, 1.82) is 0 Å². The predicted molar refractivity (Wildman–Crippen MR) is 111 cm³/mol. The summed E-state index contributed by atoms with van der Waals surface area (Å²) in [5.74, 6) is 0.00485. The highest BCUT2D eigenvalue weighted by Crippen LogP contribution is 2.36. The Morgan fingerprint density at radius 1 is 1.15 bits per heavy atom. The van der Waals surface area contributed by atoms with E-state index in [0.29, 0.717) is 17.1 Å². The van der Waals surface area contributed by atoms with Crippen molar-refractivity contribution in [3.63, 3.8) is 0 Å². The van der Waals surface area contributed by atoms with E-state index in [2.05, 4.69) is 43.3 Å². The molecule has 27 heavy (non-hydrogen) atoms. The third-order valence-electron chi connectivity index (χ3n) is 5.28. The Bertz CT molecular complexity index is 1210. The van der Waals surface area contributed by atoms with Crippen molar-refractivity contribution in [1.82, 2.24) is 9.88 Å². The molecule has 3 heterocycles. The maximum absolute atomic E-state index is 13.2. The van der Waals surface area contributed by atoms with Crippen LogP contribution < -0.4 is 5.73 Å². The number of carbonyl (C=O) groups excluding carboxylic acids is 1. The molecule has 5 rings (SSSR count). The molecule has 0 saturated heterocycles. The quantitative estimate of drug-likeness (QED) is 0.533. The molecule has 0 bridgehead atoms. The van der Waals surface area contributed by atoms with Crippen molar-refractivity contribution < 1.29 is 4.79 Å². The minimum Gasteiger partial charge on any atom is -0.397 e. The number of thiophene rings is 1. The number of benzene rings is 2. The summed E-state index contributed by atoms with van der Waals surface area (Å²) in [5, 5.41) is 1.92. The number of rotatable bonds is 1. The number of carbonyl (C=O) groups is 1. The topological polar surface area (TPSA) is 59.2 Å². The number of aromatic nitrogens is 1. The zero-order valence-corrected chi connectivity index (χ0v) is 15.8. The van der Waals surface area contributed by atoms with Crippen molar-refractivity contribution in [2.24, 2.45) is 0 Å². The molecule has 134 valence electrons. The predicted octanol–water partition coefficient (Wildman–Crippen LogP) is 4.54. The van der Waals surface area contributed by atoms with E-state index in [4.69, 9.17) is 10.7 Å². The molecule has 1 aliphatic rings. The second-order valence-electron chi connectivity index (χ2n) is 7.13. The summed E-state index contributed by atoms with van der Waals surface area (Å²) in [4.78, 5) is 21.2. The second-order valence-corrected chi connectivity index (χ2v) is 8.13. The summed E-state index contributed by atoms with van der Waals surface area (Å²) >= 11 is 1.40. The van der Waals surface area contributed by atoms with Crippen LogP contribution in [0.25, 0.3) is 21.1 Å². The number of amides is 1. The summed E-state index contributed by atoms with van der Waals surface area (Å²) in [6, 6.07) is 16.5. The maximum Gasteiger partial charge on any atom is 0.266 e. The fourth-order valence-corrected chi connectivity index (χ4v) is 4.83. The van der Waals surface area contributed by atoms with Crippen molar-refractivity contribution in [2.45, 2.75) is 19.9 Å². The maximum atomic E-state index is 13.2. The molecule has 2 aromatic carbocycles. The molecule has 0 saturated carbocycles. The van der Waals surface area contributed by atoms with Crippen molar-refractivity contribution >= 4 is 44.1 Å². The minimum atomic E-state index is 0.00485. The number of anilines is 1. The van der Waals surface area contributed by atoms with E-state index in [-0.39, 0.29) is 5.91 Å². The molecule has 4 nitrogen and oxygen atoms in total. The van der Waals surface area contributed by atoms with Crippen LogP contribution >= 0.6 is 11.3 Å². The Kier molecular flexibility index (Phi) is 3.65. The van der Waals surface area contributed by atoms with E-state index in [9.17, 15) is 4.79 Å². The average molecular weight is 373 g/mol. The van der Waals surface area contributed by atoms with Crippen LogP contribution in [0.5, 0.6) is 0 Å². The Labute approximate surface area is 161 Å². The van der Waals surface area contributed by atoms with Crippen LogP contribution in [0.3, 0.4) is 0 Å². The largest absolute Gasteiger partial charge is 0.397 e. The van der Waals surface area contributed by atoms with Crippen molar-refractivity contribution in [3.05, 3.63) is 70.1 Å². The van der Waals surface area contributed by atoms with Crippen LogP contribution in [0.2, 0.25) is 0 Å². The SMILES string of the molecule is Cc1ccc2cc3c(N)c(C(=O)N4CCc5ccccc5C4)sc3nc2c1. The Morgan fingerprint density at radius 3 is 2.81 bits per heavy atom. The lowest BCUT2D eigenvalue weighted by atomic mass is 10.00. The van der Waals surface area contributed by atoms with Crippen molar-refractivity contribution in [3.8, 4) is 0 Å². The number of nitrogens with two attached hydrogens (primary N) is 1. The molecule has 2 N–H and O–H groups in total. The third kappa shape index (κ3) is 2.66. The first-order valence-corrected chi connectivity index (χ1v) is 9.87. The number of pyridine rings is 1. The molecule has 0 radical (unpaired) electrons. The van der Waals surface area contributed by atoms with Gasteiger partial charge in [0, 0.05) is 23.9 Å². The normalized spacial score (nSPS) is 13.9. The molecular weight excluding hydrogens is 354 g/mol. The van der Waals surface area contributed by atoms with Gasteiger partial charge in [-0.15, -0.1) is 11.3 Å². The monoisotopic (exact) mass is 373 g/mol. The van der Waals surface area contributed by atoms with Gasteiger partial charge in [-0.2, -0.15) is 0 Å². The number of hydrogen-bond acceptors (Lipinski definition) is 4. The average Bonchev–Trinajstić information content (AvgIpc) is 3.01. The summed E-state index contributed by atoms with van der Waals surface area (Å²) in [6.07, 6.45) is 0.883. The molecule has 0 unspecified atom stereocenters. The highest BCUT2D eigenvalue weighted by molar-refractivity contribution is 7.21. The first-order valence-electron chi connectivity index (χ1n) is 9.05. The van der Waals surface area contributed by atoms with Gasteiger partial charge >= 0.3 is 0 Å². The van der Waals surface area contributed by atoms with Gasteiger partial charge in [0.2, 0.25) is 0 Å². The summed E-state index contributed by atoms with van der Waals surface area (Å²) in [5.41, 5.74) is 11.6. The van der Waals surface area contributed by atoms with Crippen LogP contribution in [-0.4, -0.2) is 22.3 Å². The van der Waals surface area contributed by atoms with Gasteiger partial charge in [-0.25, -0.2) is 4.98 Å². The molecular formula is C22H19N3OS. The standard InChI is InChI=1S/C22H19N3OS/c1-13-6-7-15-11-17-19(23)20(27-21(17)24-18(15)10-13)22(26)25-9-8-14-4-2-3-5-16(14)12-25/h2-7,10-11H,8-9,12,23H2,1H3. The molecule has 1 aliphatic heterocycles. The smallest absolute Gasteiger partial charge is 0.266 e. The number of fused-ring (bicyclic) bond motifs is 3. The van der Waals surface area contributed by atoms with Gasteiger partial charge < -0.3 is 10.6 Å². The fraction of sp³-hybridized carbons (Fsp3) is 0.182. The number of aryl methyl sites for hydroxylation is 1. The number of nitrogens with zero attached hydrogens (tertiary/aromatic N) is 2. The summed E-state index contributed by atoms with van der Waals surface area (Å²) in [6.45, 7) is 3.41. The van der Waals surface area contributed by atoms with Crippen LogP contribution in [-0.2, 0) is 13.0 Å². The van der Waals surface area contributed by atoms with Crippen LogP contribution in [0, 0.1) is 6.92 Å². The molecule has 1 amide bonds. The van der Waals surface area contributed by atoms with Gasteiger partial charge in [0.15, 0.2) is 0 Å². The van der Waals surface area contributed by atoms with Gasteiger partial charge in [-0.3, -0.25) is 4.79 Å². The second kappa shape index (κ2) is 6.06. The highest BCUT2D eigenvalue weighted by Gasteiger charge is 2.26. The van der Waals surface area contributed by atoms with Gasteiger partial charge in [0.05, 0.1) is 11.2 Å². The van der Waals surface area contributed by atoms with E-state index >= 15 is 0 Å². The number of hydrogen-bond donors (Lipinski definition) is 1.